The standard InChI is InChI=1S/C16H17ClN2O/c1-3-11-4-5-14(9-15(11)18)19-16(20)12-6-10(2)7-13(17)8-12/h4-9H,3,18H2,1-2H3,(H,19,20). The molecule has 0 atom stereocenters. The van der Waals surface area contributed by atoms with Gasteiger partial charge in [-0.25, -0.2) is 0 Å². The first-order chi connectivity index (χ1) is 9.49. The second kappa shape index (κ2) is 5.97. The van der Waals surface area contributed by atoms with E-state index in [0.717, 1.165) is 17.5 Å². The van der Waals surface area contributed by atoms with Crippen LogP contribution in [0.3, 0.4) is 0 Å². The van der Waals surface area contributed by atoms with Gasteiger partial charge in [0.25, 0.3) is 5.91 Å². The lowest BCUT2D eigenvalue weighted by molar-refractivity contribution is 0.102. The summed E-state index contributed by atoms with van der Waals surface area (Å²) in [5, 5.41) is 3.38. The third-order valence-corrected chi connectivity index (χ3v) is 3.31. The number of halogens is 1. The number of benzene rings is 2. The summed E-state index contributed by atoms with van der Waals surface area (Å²) in [6, 6.07) is 10.8. The van der Waals surface area contributed by atoms with Crippen molar-refractivity contribution in [3.8, 4) is 0 Å². The first-order valence-corrected chi connectivity index (χ1v) is 6.84. The van der Waals surface area contributed by atoms with Crippen molar-refractivity contribution in [2.75, 3.05) is 11.1 Å². The lowest BCUT2D eigenvalue weighted by atomic mass is 10.1. The van der Waals surface area contributed by atoms with Crippen LogP contribution in [0.1, 0.15) is 28.4 Å². The molecule has 0 aliphatic heterocycles. The fraction of sp³-hybridized carbons (Fsp3) is 0.188. The van der Waals surface area contributed by atoms with Gasteiger partial charge in [-0.15, -0.1) is 0 Å². The molecule has 104 valence electrons. The normalized spacial score (nSPS) is 10.3. The molecule has 1 amide bonds. The summed E-state index contributed by atoms with van der Waals surface area (Å²) in [6.45, 7) is 3.94. The predicted molar refractivity (Wildman–Crippen MR) is 84.4 cm³/mol. The highest BCUT2D eigenvalue weighted by atomic mass is 35.5. The van der Waals surface area contributed by atoms with Gasteiger partial charge in [0.15, 0.2) is 0 Å². The van der Waals surface area contributed by atoms with Gasteiger partial charge in [-0.2, -0.15) is 0 Å². The van der Waals surface area contributed by atoms with Crippen molar-refractivity contribution in [2.24, 2.45) is 0 Å². The molecule has 0 unspecified atom stereocenters. The van der Waals surface area contributed by atoms with E-state index in [1.807, 2.05) is 32.0 Å². The van der Waals surface area contributed by atoms with Gasteiger partial charge in [0.2, 0.25) is 0 Å². The van der Waals surface area contributed by atoms with Crippen molar-refractivity contribution in [3.63, 3.8) is 0 Å². The Morgan fingerprint density at radius 1 is 1.25 bits per heavy atom. The smallest absolute Gasteiger partial charge is 0.255 e. The minimum atomic E-state index is -0.195. The van der Waals surface area contributed by atoms with Crippen LogP contribution in [0.25, 0.3) is 0 Å². The van der Waals surface area contributed by atoms with Crippen LogP contribution in [0.2, 0.25) is 5.02 Å². The molecule has 0 saturated carbocycles. The van der Waals surface area contributed by atoms with Gasteiger partial charge in [-0.3, -0.25) is 4.79 Å². The fourth-order valence-electron chi connectivity index (χ4n) is 2.07. The summed E-state index contributed by atoms with van der Waals surface area (Å²) < 4.78 is 0. The number of nitrogen functional groups attached to an aromatic ring is 1. The van der Waals surface area contributed by atoms with Crippen LogP contribution in [0.15, 0.2) is 36.4 Å². The molecular weight excluding hydrogens is 272 g/mol. The largest absolute Gasteiger partial charge is 0.398 e. The van der Waals surface area contributed by atoms with Crippen molar-refractivity contribution in [1.82, 2.24) is 0 Å². The van der Waals surface area contributed by atoms with Gasteiger partial charge < -0.3 is 11.1 Å². The Morgan fingerprint density at radius 3 is 2.60 bits per heavy atom. The van der Waals surface area contributed by atoms with E-state index in [9.17, 15) is 4.79 Å². The summed E-state index contributed by atoms with van der Waals surface area (Å²) in [5.74, 6) is -0.195. The van der Waals surface area contributed by atoms with E-state index in [2.05, 4.69) is 5.32 Å². The van der Waals surface area contributed by atoms with Gasteiger partial charge >= 0.3 is 0 Å². The Bertz CT molecular complexity index is 633. The van der Waals surface area contributed by atoms with E-state index in [0.29, 0.717) is 22.0 Å². The summed E-state index contributed by atoms with van der Waals surface area (Å²) in [7, 11) is 0. The van der Waals surface area contributed by atoms with E-state index in [-0.39, 0.29) is 5.91 Å². The second-order valence-corrected chi connectivity index (χ2v) is 5.17. The van der Waals surface area contributed by atoms with Crippen LogP contribution in [0, 0.1) is 6.92 Å². The SMILES string of the molecule is CCc1ccc(NC(=O)c2cc(C)cc(Cl)c2)cc1N. The van der Waals surface area contributed by atoms with Crippen molar-refractivity contribution < 1.29 is 4.79 Å². The van der Waals surface area contributed by atoms with Crippen molar-refractivity contribution >= 4 is 28.9 Å². The topological polar surface area (TPSA) is 55.1 Å². The molecule has 2 aromatic rings. The Balaban J connectivity index is 2.21. The quantitative estimate of drug-likeness (QED) is 0.837. The number of hydrogen-bond acceptors (Lipinski definition) is 2. The van der Waals surface area contributed by atoms with Crippen LogP contribution < -0.4 is 11.1 Å². The zero-order chi connectivity index (χ0) is 14.7. The fourth-order valence-corrected chi connectivity index (χ4v) is 2.36. The zero-order valence-corrected chi connectivity index (χ0v) is 12.3. The van der Waals surface area contributed by atoms with Crippen molar-refractivity contribution in [1.29, 1.82) is 0 Å². The molecule has 4 heteroatoms. The van der Waals surface area contributed by atoms with E-state index < -0.39 is 0 Å². The number of rotatable bonds is 3. The van der Waals surface area contributed by atoms with E-state index in [4.69, 9.17) is 17.3 Å². The highest BCUT2D eigenvalue weighted by Gasteiger charge is 2.08. The Kier molecular flexibility index (Phi) is 4.30. The summed E-state index contributed by atoms with van der Waals surface area (Å²) in [4.78, 5) is 12.2. The van der Waals surface area contributed by atoms with Crippen LogP contribution in [-0.2, 0) is 6.42 Å². The molecule has 0 heterocycles. The maximum absolute atomic E-state index is 12.2. The Labute approximate surface area is 123 Å². The van der Waals surface area contributed by atoms with Crippen LogP contribution >= 0.6 is 11.6 Å². The third-order valence-electron chi connectivity index (χ3n) is 3.09. The molecular formula is C16H17ClN2O. The summed E-state index contributed by atoms with van der Waals surface area (Å²) >= 11 is 5.96. The molecule has 0 aromatic heterocycles. The van der Waals surface area contributed by atoms with Gasteiger partial charge in [0, 0.05) is 22.0 Å². The third kappa shape index (κ3) is 3.31. The average Bonchev–Trinajstić information content (AvgIpc) is 2.37. The van der Waals surface area contributed by atoms with Crippen molar-refractivity contribution in [3.05, 3.63) is 58.1 Å². The highest BCUT2D eigenvalue weighted by Crippen LogP contribution is 2.20. The minimum absolute atomic E-state index is 0.195. The highest BCUT2D eigenvalue weighted by molar-refractivity contribution is 6.31. The predicted octanol–water partition coefficient (Wildman–Crippen LogP) is 4.05. The van der Waals surface area contributed by atoms with Gasteiger partial charge in [0.1, 0.15) is 0 Å². The molecule has 2 aromatic carbocycles. The number of carbonyl (C=O) groups excluding carboxylic acids is 1. The summed E-state index contributed by atoms with van der Waals surface area (Å²) in [5.41, 5.74) is 9.85. The first-order valence-electron chi connectivity index (χ1n) is 6.46. The molecule has 0 spiro atoms. The first kappa shape index (κ1) is 14.4. The monoisotopic (exact) mass is 288 g/mol. The molecule has 0 aliphatic carbocycles. The van der Waals surface area contributed by atoms with E-state index in [1.165, 1.54) is 0 Å². The number of anilines is 2. The maximum atomic E-state index is 12.2. The molecule has 0 saturated heterocycles. The Morgan fingerprint density at radius 2 is 2.00 bits per heavy atom. The average molecular weight is 289 g/mol. The van der Waals surface area contributed by atoms with Gasteiger partial charge in [-0.1, -0.05) is 24.6 Å². The maximum Gasteiger partial charge on any atom is 0.255 e. The molecule has 0 bridgehead atoms. The van der Waals surface area contributed by atoms with Crippen LogP contribution in [0.4, 0.5) is 11.4 Å². The Hall–Kier alpha value is -2.00. The van der Waals surface area contributed by atoms with Gasteiger partial charge in [-0.05, 0) is 54.8 Å². The number of aryl methyl sites for hydroxylation is 2. The van der Waals surface area contributed by atoms with Crippen LogP contribution in [-0.4, -0.2) is 5.91 Å². The second-order valence-electron chi connectivity index (χ2n) is 4.74. The minimum Gasteiger partial charge on any atom is -0.398 e. The van der Waals surface area contributed by atoms with Crippen molar-refractivity contribution in [2.45, 2.75) is 20.3 Å². The lowest BCUT2D eigenvalue weighted by Gasteiger charge is -2.09. The molecule has 0 radical (unpaired) electrons. The molecule has 3 N–H and O–H groups in total. The van der Waals surface area contributed by atoms with E-state index >= 15 is 0 Å². The number of nitrogens with one attached hydrogen (secondary N) is 1. The zero-order valence-electron chi connectivity index (χ0n) is 11.5. The molecule has 0 aliphatic rings. The number of amides is 1. The molecule has 0 fully saturated rings. The number of carbonyl (C=O) groups is 1. The lowest BCUT2D eigenvalue weighted by Crippen LogP contribution is -2.12. The molecule has 2 rings (SSSR count). The van der Waals surface area contributed by atoms with Crippen LogP contribution in [0.5, 0.6) is 0 Å². The number of hydrogen-bond donors (Lipinski definition) is 2. The number of nitrogens with two attached hydrogens (primary N) is 1. The molecule has 3 nitrogen and oxygen atoms in total. The molecule has 20 heavy (non-hydrogen) atoms. The summed E-state index contributed by atoms with van der Waals surface area (Å²) in [6.07, 6.45) is 0.869. The van der Waals surface area contributed by atoms with Gasteiger partial charge in [0.05, 0.1) is 0 Å². The van der Waals surface area contributed by atoms with E-state index in [1.54, 1.807) is 18.2 Å².